The van der Waals surface area contributed by atoms with Crippen molar-refractivity contribution in [2.45, 2.75) is 96.8 Å². The summed E-state index contributed by atoms with van der Waals surface area (Å²) in [4.78, 5) is 67.3. The molecule has 4 bridgehead atoms. The van der Waals surface area contributed by atoms with Crippen molar-refractivity contribution in [2.24, 2.45) is 11.8 Å². The van der Waals surface area contributed by atoms with Crippen molar-refractivity contribution in [3.05, 3.63) is 59.7 Å². The largest absolute Gasteiger partial charge is 0.494 e. The van der Waals surface area contributed by atoms with Gasteiger partial charge in [0.25, 0.3) is 0 Å². The van der Waals surface area contributed by atoms with Crippen molar-refractivity contribution in [3.8, 4) is 11.5 Å². The standard InChI is InChI=1S/C38H53N5O7/c1-5-25(4)35-37(47)39-18-8-20-50-29-16-12-27(13-17-29)22-31(36(46)43-35)40-23-32(44)30-21-26-10-14-28(15-11-26)49-19-7-6-9-33(45)42-34(24(2)3)38(48)41-30/h10-17,24-25,30-31,34-35,40H,5-9,18-23H2,1-4H3,(H,39,47)(H,41,48)(H,42,45)(H,43,46)/t25?,30-,31?,34-,35-/m0/s1. The zero-order valence-corrected chi connectivity index (χ0v) is 29.7. The smallest absolute Gasteiger partial charge is 0.243 e. The number of ketones is 1. The zero-order chi connectivity index (χ0) is 36.0. The quantitative estimate of drug-likeness (QED) is 0.296. The Morgan fingerprint density at radius 1 is 0.760 bits per heavy atom. The molecule has 0 saturated heterocycles. The molecule has 12 heteroatoms. The average Bonchev–Trinajstić information content (AvgIpc) is 3.10. The Hall–Kier alpha value is -4.45. The Morgan fingerprint density at radius 3 is 2.00 bits per heavy atom. The number of ether oxygens (including phenoxy) is 2. The minimum absolute atomic E-state index is 0.133. The molecule has 12 nitrogen and oxygen atoms in total. The summed E-state index contributed by atoms with van der Waals surface area (Å²) in [6, 6.07) is 11.4. The van der Waals surface area contributed by atoms with Crippen molar-refractivity contribution in [1.82, 2.24) is 26.6 Å². The van der Waals surface area contributed by atoms with Gasteiger partial charge in [0.1, 0.15) is 23.6 Å². The number of hydrogen-bond donors (Lipinski definition) is 5. The lowest BCUT2D eigenvalue weighted by Gasteiger charge is -2.28. The predicted octanol–water partition coefficient (Wildman–Crippen LogP) is 2.62. The summed E-state index contributed by atoms with van der Waals surface area (Å²) < 4.78 is 11.6. The van der Waals surface area contributed by atoms with E-state index in [2.05, 4.69) is 26.6 Å². The van der Waals surface area contributed by atoms with Crippen molar-refractivity contribution in [3.63, 3.8) is 0 Å². The molecule has 4 aliphatic heterocycles. The third kappa shape index (κ3) is 11.6. The van der Waals surface area contributed by atoms with Gasteiger partial charge >= 0.3 is 0 Å². The van der Waals surface area contributed by atoms with Crippen LogP contribution in [0, 0.1) is 11.8 Å². The van der Waals surface area contributed by atoms with Gasteiger partial charge in [0, 0.05) is 13.0 Å². The van der Waals surface area contributed by atoms with E-state index in [0.717, 1.165) is 11.1 Å². The predicted molar refractivity (Wildman–Crippen MR) is 190 cm³/mol. The van der Waals surface area contributed by atoms with Crippen LogP contribution in [0.2, 0.25) is 0 Å². The Labute approximate surface area is 295 Å². The molecule has 272 valence electrons. The fraction of sp³-hybridized carbons (Fsp3) is 0.553. The van der Waals surface area contributed by atoms with Crippen molar-refractivity contribution in [1.29, 1.82) is 0 Å². The van der Waals surface area contributed by atoms with Crippen molar-refractivity contribution < 1.29 is 33.4 Å². The molecule has 5 N–H and O–H groups in total. The van der Waals surface area contributed by atoms with E-state index in [4.69, 9.17) is 9.47 Å². The highest BCUT2D eigenvalue weighted by Crippen LogP contribution is 2.17. The average molecular weight is 692 g/mol. The third-order valence-electron chi connectivity index (χ3n) is 9.29. The van der Waals surface area contributed by atoms with Crippen LogP contribution < -0.4 is 36.1 Å². The molecule has 2 aromatic carbocycles. The first-order valence-corrected chi connectivity index (χ1v) is 17.9. The van der Waals surface area contributed by atoms with Gasteiger partial charge in [0.2, 0.25) is 23.6 Å². The van der Waals surface area contributed by atoms with Crippen LogP contribution in [-0.4, -0.2) is 79.9 Å². The number of carbonyl (C=O) groups is 5. The summed E-state index contributed by atoms with van der Waals surface area (Å²) in [5.41, 5.74) is 1.65. The summed E-state index contributed by atoms with van der Waals surface area (Å²) in [5, 5.41) is 14.7. The first-order chi connectivity index (χ1) is 24.0. The Balaban J connectivity index is 1.58. The topological polar surface area (TPSA) is 164 Å². The van der Waals surface area contributed by atoms with Gasteiger partial charge in [-0.25, -0.2) is 0 Å². The molecular weight excluding hydrogens is 638 g/mol. The first kappa shape index (κ1) is 38.4. The number of Topliss-reactive ketones (excluding diaryl/α,β-unsaturated/α-hetero) is 1. The number of nitrogens with one attached hydrogen (secondary N) is 5. The lowest BCUT2D eigenvalue weighted by atomic mass is 9.96. The van der Waals surface area contributed by atoms with E-state index in [1.807, 2.05) is 76.2 Å². The molecule has 0 aromatic heterocycles. The van der Waals surface area contributed by atoms with Crippen molar-refractivity contribution in [2.75, 3.05) is 26.3 Å². The van der Waals surface area contributed by atoms with Gasteiger partial charge in [-0.1, -0.05) is 58.4 Å². The van der Waals surface area contributed by atoms with Crippen LogP contribution in [0.5, 0.6) is 11.5 Å². The fourth-order valence-corrected chi connectivity index (χ4v) is 5.92. The molecule has 4 amide bonds. The van der Waals surface area contributed by atoms with Gasteiger partial charge in [0.15, 0.2) is 5.78 Å². The second-order valence-electron chi connectivity index (χ2n) is 13.6. The molecular formula is C38H53N5O7. The maximum atomic E-state index is 14.0. The maximum absolute atomic E-state index is 14.0. The van der Waals surface area contributed by atoms with E-state index in [1.54, 1.807) is 0 Å². The lowest BCUT2D eigenvalue weighted by molar-refractivity contribution is -0.132. The Kier molecular flexibility index (Phi) is 14.6. The monoisotopic (exact) mass is 691 g/mol. The fourth-order valence-electron chi connectivity index (χ4n) is 5.92. The molecule has 0 saturated carbocycles. The van der Waals surface area contributed by atoms with Gasteiger partial charge in [0.05, 0.1) is 31.8 Å². The summed E-state index contributed by atoms with van der Waals surface area (Å²) in [5.74, 6) is -0.694. The molecule has 0 spiro atoms. The van der Waals surface area contributed by atoms with E-state index >= 15 is 0 Å². The van der Waals surface area contributed by atoms with Gasteiger partial charge in [-0.05, 0) is 79.3 Å². The molecule has 4 heterocycles. The van der Waals surface area contributed by atoms with Crippen LogP contribution in [-0.2, 0) is 36.8 Å². The van der Waals surface area contributed by atoms with E-state index in [0.29, 0.717) is 56.9 Å². The normalized spacial score (nSPS) is 23.6. The summed E-state index contributed by atoms with van der Waals surface area (Å²) >= 11 is 0. The van der Waals surface area contributed by atoms with Crippen LogP contribution >= 0.6 is 0 Å². The van der Waals surface area contributed by atoms with Gasteiger partial charge in [-0.3, -0.25) is 29.3 Å². The van der Waals surface area contributed by atoms with Gasteiger partial charge < -0.3 is 30.7 Å². The van der Waals surface area contributed by atoms with E-state index < -0.39 is 36.0 Å². The van der Waals surface area contributed by atoms with Crippen LogP contribution in [0.15, 0.2) is 48.5 Å². The molecule has 0 radical (unpaired) electrons. The molecule has 50 heavy (non-hydrogen) atoms. The third-order valence-corrected chi connectivity index (χ3v) is 9.29. The highest BCUT2D eigenvalue weighted by atomic mass is 16.5. The van der Waals surface area contributed by atoms with Gasteiger partial charge in [-0.2, -0.15) is 0 Å². The van der Waals surface area contributed by atoms with Crippen LogP contribution in [0.3, 0.4) is 0 Å². The molecule has 0 fully saturated rings. The number of carbonyl (C=O) groups excluding carboxylic acids is 5. The lowest BCUT2D eigenvalue weighted by Crippen LogP contribution is -2.58. The maximum Gasteiger partial charge on any atom is 0.243 e. The highest BCUT2D eigenvalue weighted by molar-refractivity contribution is 5.94. The second kappa shape index (κ2) is 19.1. The summed E-state index contributed by atoms with van der Waals surface area (Å²) in [6.07, 6.45) is 3.28. The number of benzene rings is 2. The molecule has 2 unspecified atom stereocenters. The summed E-state index contributed by atoms with van der Waals surface area (Å²) in [7, 11) is 0. The Morgan fingerprint density at radius 2 is 1.38 bits per heavy atom. The van der Waals surface area contributed by atoms with E-state index in [1.165, 1.54) is 0 Å². The Bertz CT molecular complexity index is 1450. The van der Waals surface area contributed by atoms with Gasteiger partial charge in [-0.15, -0.1) is 0 Å². The first-order valence-electron chi connectivity index (χ1n) is 17.9. The SMILES string of the molecule is CCC(C)[C@@H]1NC(=O)C(NCC(=O)[C@@H]2Cc3ccc(cc3)OCCCCC(=O)N[C@@H](C(C)C)C(=O)N2)Cc2ccc(cc2)OCCCNC1=O. The number of rotatable bonds is 7. The minimum Gasteiger partial charge on any atom is -0.494 e. The number of hydrogen-bond acceptors (Lipinski definition) is 8. The zero-order valence-electron chi connectivity index (χ0n) is 29.7. The van der Waals surface area contributed by atoms with Crippen LogP contribution in [0.1, 0.15) is 70.9 Å². The van der Waals surface area contributed by atoms with E-state index in [-0.39, 0.29) is 55.2 Å². The van der Waals surface area contributed by atoms with Crippen LogP contribution in [0.25, 0.3) is 0 Å². The van der Waals surface area contributed by atoms with Crippen LogP contribution in [0.4, 0.5) is 0 Å². The highest BCUT2D eigenvalue weighted by Gasteiger charge is 2.32. The summed E-state index contributed by atoms with van der Waals surface area (Å²) in [6.45, 7) is 8.62. The molecule has 5 atom stereocenters. The molecule has 4 aliphatic rings. The van der Waals surface area contributed by atoms with E-state index in [9.17, 15) is 24.0 Å². The number of fused-ring (bicyclic) bond motifs is 25. The van der Waals surface area contributed by atoms with Crippen molar-refractivity contribution >= 4 is 29.4 Å². The second-order valence-corrected chi connectivity index (χ2v) is 13.6. The molecule has 2 aromatic rings. The minimum atomic E-state index is -0.951. The molecule has 0 aliphatic carbocycles. The number of amides is 4. The molecule has 6 rings (SSSR count).